The topological polar surface area (TPSA) is 92.8 Å². The molecule has 8 heteroatoms. The highest BCUT2D eigenvalue weighted by atomic mass is 19.1. The van der Waals surface area contributed by atoms with Crippen LogP contribution in [-0.2, 0) is 6.42 Å². The van der Waals surface area contributed by atoms with Crippen LogP contribution in [0.1, 0.15) is 28.7 Å². The lowest BCUT2D eigenvalue weighted by atomic mass is 10.00. The summed E-state index contributed by atoms with van der Waals surface area (Å²) in [6.45, 7) is 1.89. The average Bonchev–Trinajstić information content (AvgIpc) is 3.37. The van der Waals surface area contributed by atoms with Gasteiger partial charge >= 0.3 is 0 Å². The van der Waals surface area contributed by atoms with Crippen LogP contribution in [0.25, 0.3) is 27.7 Å². The maximum absolute atomic E-state index is 14.8. The fourth-order valence-electron chi connectivity index (χ4n) is 4.95. The van der Waals surface area contributed by atoms with Crippen LogP contribution in [0.15, 0.2) is 77.7 Å². The molecule has 1 N–H and O–H groups in total. The number of hydrogen-bond acceptors (Lipinski definition) is 6. The Morgan fingerprint density at radius 2 is 1.97 bits per heavy atom. The SMILES string of the molecule is COc1ccc(-n2c([C@H]3Cc4ccccc4N3)nc3c(-c4ccc(C)nc4)cc(C#N)cc3c2=O)cc1F. The predicted molar refractivity (Wildman–Crippen MR) is 143 cm³/mol. The number of rotatable bonds is 4. The van der Waals surface area contributed by atoms with Crippen LogP contribution in [0.5, 0.6) is 5.75 Å². The van der Waals surface area contributed by atoms with Gasteiger partial charge in [-0.05, 0) is 48.9 Å². The fourth-order valence-corrected chi connectivity index (χ4v) is 4.95. The lowest BCUT2D eigenvalue weighted by Gasteiger charge is -2.20. The largest absolute Gasteiger partial charge is 0.494 e. The molecule has 1 aliphatic heterocycles. The van der Waals surface area contributed by atoms with Crippen molar-refractivity contribution in [1.82, 2.24) is 14.5 Å². The van der Waals surface area contributed by atoms with Crippen molar-refractivity contribution >= 4 is 16.6 Å². The standard InChI is InChI=1S/C30H22FN5O2/c1-17-7-8-20(16-33-17)22-11-18(15-32)12-23-28(22)35-29(26-13-19-5-3-4-6-25(19)34-26)36(30(23)37)21-9-10-27(38-2)24(31)14-21/h3-12,14,16,26,34H,13H2,1-2H3/t26-/m1/s1. The van der Waals surface area contributed by atoms with E-state index in [1.54, 1.807) is 18.3 Å². The van der Waals surface area contributed by atoms with Crippen LogP contribution in [0, 0.1) is 24.1 Å². The van der Waals surface area contributed by atoms with Crippen molar-refractivity contribution in [3.8, 4) is 28.6 Å². The van der Waals surface area contributed by atoms with E-state index in [0.717, 1.165) is 22.5 Å². The van der Waals surface area contributed by atoms with Gasteiger partial charge in [-0.25, -0.2) is 9.37 Å². The number of ether oxygens (including phenoxy) is 1. The normalized spacial score (nSPS) is 14.1. The summed E-state index contributed by atoms with van der Waals surface area (Å²) in [7, 11) is 1.39. The molecular formula is C30H22FN5O2. The van der Waals surface area contributed by atoms with Crippen LogP contribution in [0.4, 0.5) is 10.1 Å². The van der Waals surface area contributed by atoms with Crippen LogP contribution in [0.2, 0.25) is 0 Å². The zero-order valence-electron chi connectivity index (χ0n) is 20.7. The molecule has 3 aromatic carbocycles. The first kappa shape index (κ1) is 23.4. The number of halogens is 1. The number of para-hydroxylation sites is 1. The molecule has 0 bridgehead atoms. The number of fused-ring (bicyclic) bond motifs is 2. The molecular weight excluding hydrogens is 481 g/mol. The lowest BCUT2D eigenvalue weighted by Crippen LogP contribution is -2.28. The summed E-state index contributed by atoms with van der Waals surface area (Å²) in [6, 6.07) is 21.1. The molecule has 5 aromatic rings. The Hall–Kier alpha value is -5.03. The predicted octanol–water partition coefficient (Wildman–Crippen LogP) is 5.48. The second-order valence-corrected chi connectivity index (χ2v) is 9.21. The molecule has 1 aliphatic rings. The number of aromatic nitrogens is 3. The summed E-state index contributed by atoms with van der Waals surface area (Å²) in [5, 5.41) is 13.5. The maximum Gasteiger partial charge on any atom is 0.266 e. The van der Waals surface area contributed by atoms with Gasteiger partial charge in [0.05, 0.1) is 41.4 Å². The van der Waals surface area contributed by atoms with Crippen LogP contribution in [-0.4, -0.2) is 21.6 Å². The third-order valence-corrected chi connectivity index (χ3v) is 6.83. The van der Waals surface area contributed by atoms with Gasteiger partial charge in [0.1, 0.15) is 5.82 Å². The highest BCUT2D eigenvalue weighted by Crippen LogP contribution is 2.36. The van der Waals surface area contributed by atoms with Crippen molar-refractivity contribution in [2.75, 3.05) is 12.4 Å². The molecule has 0 saturated heterocycles. The monoisotopic (exact) mass is 503 g/mol. The molecule has 38 heavy (non-hydrogen) atoms. The van der Waals surface area contributed by atoms with Crippen LogP contribution in [0.3, 0.4) is 0 Å². The lowest BCUT2D eigenvalue weighted by molar-refractivity contribution is 0.386. The molecule has 2 aromatic heterocycles. The maximum atomic E-state index is 14.8. The Morgan fingerprint density at radius 3 is 2.68 bits per heavy atom. The van der Waals surface area contributed by atoms with Crippen LogP contribution >= 0.6 is 0 Å². The zero-order valence-corrected chi connectivity index (χ0v) is 20.7. The first-order chi connectivity index (χ1) is 18.5. The molecule has 0 spiro atoms. The minimum atomic E-state index is -0.595. The van der Waals surface area contributed by atoms with Gasteiger partial charge in [0.25, 0.3) is 5.56 Å². The minimum Gasteiger partial charge on any atom is -0.494 e. The second-order valence-electron chi connectivity index (χ2n) is 9.21. The number of nitrogens with one attached hydrogen (secondary N) is 1. The van der Waals surface area contributed by atoms with Gasteiger partial charge in [-0.1, -0.05) is 24.3 Å². The Bertz CT molecular complexity index is 1800. The van der Waals surface area contributed by atoms with Gasteiger partial charge in [0.15, 0.2) is 11.6 Å². The molecule has 1 atom stereocenters. The van der Waals surface area contributed by atoms with Gasteiger partial charge in [-0.3, -0.25) is 14.3 Å². The Labute approximate surface area is 217 Å². The highest BCUT2D eigenvalue weighted by Gasteiger charge is 2.28. The summed E-state index contributed by atoms with van der Waals surface area (Å²) >= 11 is 0. The van der Waals surface area contributed by atoms with Gasteiger partial charge in [-0.15, -0.1) is 0 Å². The number of pyridine rings is 1. The Morgan fingerprint density at radius 1 is 1.13 bits per heavy atom. The van der Waals surface area contributed by atoms with E-state index in [1.807, 2.05) is 43.3 Å². The molecule has 0 amide bonds. The Kier molecular flexibility index (Phi) is 5.61. The minimum absolute atomic E-state index is 0.0735. The van der Waals surface area contributed by atoms with Crippen molar-refractivity contribution in [2.45, 2.75) is 19.4 Å². The molecule has 0 aliphatic carbocycles. The first-order valence-corrected chi connectivity index (χ1v) is 12.1. The van der Waals surface area contributed by atoms with Crippen molar-refractivity contribution < 1.29 is 9.13 Å². The third-order valence-electron chi connectivity index (χ3n) is 6.83. The number of anilines is 1. The quantitative estimate of drug-likeness (QED) is 0.349. The van der Waals surface area contributed by atoms with Gasteiger partial charge in [-0.2, -0.15) is 5.26 Å². The summed E-state index contributed by atoms with van der Waals surface area (Å²) in [5.41, 5.74) is 4.97. The van der Waals surface area contributed by atoms with E-state index in [9.17, 15) is 14.4 Å². The fraction of sp³-hybridized carbons (Fsp3) is 0.133. The van der Waals surface area contributed by atoms with E-state index >= 15 is 0 Å². The number of methoxy groups -OCH3 is 1. The molecule has 186 valence electrons. The van der Waals surface area contributed by atoms with Gasteiger partial charge in [0.2, 0.25) is 0 Å². The molecule has 0 radical (unpaired) electrons. The van der Waals surface area contributed by atoms with Crippen molar-refractivity contribution in [3.05, 3.63) is 112 Å². The summed E-state index contributed by atoms with van der Waals surface area (Å²) in [5.74, 6) is -0.0819. The van der Waals surface area contributed by atoms with Crippen LogP contribution < -0.4 is 15.6 Å². The van der Waals surface area contributed by atoms with E-state index in [0.29, 0.717) is 34.6 Å². The van der Waals surface area contributed by atoms with E-state index in [2.05, 4.69) is 16.4 Å². The van der Waals surface area contributed by atoms with E-state index in [-0.39, 0.29) is 17.2 Å². The molecule has 0 fully saturated rings. The molecule has 0 saturated carbocycles. The molecule has 7 nitrogen and oxygen atoms in total. The number of aryl methyl sites for hydroxylation is 1. The number of nitriles is 1. The van der Waals surface area contributed by atoms with Crippen molar-refractivity contribution in [1.29, 1.82) is 5.26 Å². The number of hydrogen-bond donors (Lipinski definition) is 1. The first-order valence-electron chi connectivity index (χ1n) is 12.1. The van der Waals surface area contributed by atoms with E-state index in [4.69, 9.17) is 9.72 Å². The molecule has 3 heterocycles. The van der Waals surface area contributed by atoms with Gasteiger partial charge in [0, 0.05) is 41.2 Å². The zero-order chi connectivity index (χ0) is 26.4. The molecule has 0 unspecified atom stereocenters. The van der Waals surface area contributed by atoms with E-state index in [1.165, 1.54) is 29.9 Å². The number of benzene rings is 3. The third kappa shape index (κ3) is 3.85. The van der Waals surface area contributed by atoms with E-state index < -0.39 is 11.4 Å². The number of nitrogens with zero attached hydrogens (tertiary/aromatic N) is 4. The van der Waals surface area contributed by atoms with Crippen molar-refractivity contribution in [2.24, 2.45) is 0 Å². The highest BCUT2D eigenvalue weighted by molar-refractivity contribution is 5.94. The summed E-state index contributed by atoms with van der Waals surface area (Å²) in [6.07, 6.45) is 2.31. The summed E-state index contributed by atoms with van der Waals surface area (Å²) in [4.78, 5) is 23.6. The average molecular weight is 504 g/mol. The summed E-state index contributed by atoms with van der Waals surface area (Å²) < 4.78 is 21.3. The van der Waals surface area contributed by atoms with Gasteiger partial charge < -0.3 is 10.1 Å². The Balaban J connectivity index is 1.66. The smallest absolute Gasteiger partial charge is 0.266 e. The second kappa shape index (κ2) is 9.12. The van der Waals surface area contributed by atoms with Crippen molar-refractivity contribution in [3.63, 3.8) is 0 Å². The molecule has 6 rings (SSSR count).